The molecule has 84 valence electrons. The van der Waals surface area contributed by atoms with Crippen molar-refractivity contribution in [2.45, 2.75) is 45.1 Å². The quantitative estimate of drug-likeness (QED) is 0.728. The lowest BCUT2D eigenvalue weighted by atomic mass is 9.94. The lowest BCUT2D eigenvalue weighted by Crippen LogP contribution is -2.46. The van der Waals surface area contributed by atoms with E-state index in [1.54, 1.807) is 11.3 Å². The number of hydrogen-bond donors (Lipinski definition) is 0. The third-order valence-corrected chi connectivity index (χ3v) is 4.11. The van der Waals surface area contributed by atoms with Crippen molar-refractivity contribution in [3.05, 3.63) is 16.6 Å². The average Bonchev–Trinajstić information content (AvgIpc) is 2.69. The van der Waals surface area contributed by atoms with Gasteiger partial charge in [-0.3, -0.25) is 4.90 Å². The van der Waals surface area contributed by atoms with Crippen LogP contribution >= 0.6 is 11.3 Å². The van der Waals surface area contributed by atoms with Crippen LogP contribution in [0.4, 0.5) is 0 Å². The van der Waals surface area contributed by atoms with E-state index in [0.29, 0.717) is 11.5 Å². The maximum Gasteiger partial charge on any atom is 0.0968 e. The lowest BCUT2D eigenvalue weighted by molar-refractivity contribution is 0.0986. The molecule has 15 heavy (non-hydrogen) atoms. The Bertz CT molecular complexity index is 300. The second kappa shape index (κ2) is 4.22. The van der Waals surface area contributed by atoms with E-state index in [0.717, 1.165) is 0 Å². The third kappa shape index (κ3) is 2.58. The molecule has 0 saturated carbocycles. The molecule has 1 atom stereocenters. The van der Waals surface area contributed by atoms with Crippen molar-refractivity contribution < 1.29 is 0 Å². The standard InChI is InChI=1S/C12H20N2S/c1-12(2,3)14-7-4-5-10(9-14)11-13-6-8-15-11/h6,8,10H,4-5,7,9H2,1-3H3/t10-/m1/s1. The van der Waals surface area contributed by atoms with Crippen LogP contribution in [0.25, 0.3) is 0 Å². The van der Waals surface area contributed by atoms with Gasteiger partial charge in [0.25, 0.3) is 0 Å². The molecule has 1 saturated heterocycles. The Hall–Kier alpha value is -0.410. The van der Waals surface area contributed by atoms with Gasteiger partial charge in [0.2, 0.25) is 0 Å². The first-order valence-electron chi connectivity index (χ1n) is 5.72. The Morgan fingerprint density at radius 3 is 2.87 bits per heavy atom. The molecule has 0 unspecified atom stereocenters. The Morgan fingerprint density at radius 2 is 2.27 bits per heavy atom. The Morgan fingerprint density at radius 1 is 1.47 bits per heavy atom. The van der Waals surface area contributed by atoms with E-state index in [2.05, 4.69) is 36.0 Å². The van der Waals surface area contributed by atoms with Crippen molar-refractivity contribution in [2.24, 2.45) is 0 Å². The number of likely N-dealkylation sites (tertiary alicyclic amines) is 1. The van der Waals surface area contributed by atoms with Gasteiger partial charge in [0, 0.05) is 29.6 Å². The average molecular weight is 224 g/mol. The predicted molar refractivity (Wildman–Crippen MR) is 65.4 cm³/mol. The Balaban J connectivity index is 2.05. The molecule has 0 amide bonds. The van der Waals surface area contributed by atoms with Gasteiger partial charge in [0.05, 0.1) is 5.01 Å². The first-order valence-corrected chi connectivity index (χ1v) is 6.60. The van der Waals surface area contributed by atoms with Crippen LogP contribution in [0.5, 0.6) is 0 Å². The second-order valence-corrected chi connectivity index (χ2v) is 6.25. The topological polar surface area (TPSA) is 16.1 Å². The zero-order chi connectivity index (χ0) is 10.9. The molecule has 2 rings (SSSR count). The minimum atomic E-state index is 0.302. The highest BCUT2D eigenvalue weighted by molar-refractivity contribution is 7.09. The molecule has 0 aliphatic carbocycles. The molecule has 0 radical (unpaired) electrons. The molecule has 2 nitrogen and oxygen atoms in total. The highest BCUT2D eigenvalue weighted by Crippen LogP contribution is 2.31. The summed E-state index contributed by atoms with van der Waals surface area (Å²) in [5, 5.41) is 3.41. The van der Waals surface area contributed by atoms with Crippen LogP contribution in [0.2, 0.25) is 0 Å². The number of nitrogens with zero attached hydrogens (tertiary/aromatic N) is 2. The van der Waals surface area contributed by atoms with Crippen molar-refractivity contribution in [1.29, 1.82) is 0 Å². The van der Waals surface area contributed by atoms with Gasteiger partial charge < -0.3 is 0 Å². The minimum Gasteiger partial charge on any atom is -0.298 e. The van der Waals surface area contributed by atoms with E-state index in [9.17, 15) is 0 Å². The summed E-state index contributed by atoms with van der Waals surface area (Å²) in [6.45, 7) is 9.33. The van der Waals surface area contributed by atoms with E-state index in [1.807, 2.05) is 6.20 Å². The summed E-state index contributed by atoms with van der Waals surface area (Å²) in [7, 11) is 0. The van der Waals surface area contributed by atoms with Crippen LogP contribution < -0.4 is 0 Å². The van der Waals surface area contributed by atoms with E-state index in [1.165, 1.54) is 30.9 Å². The molecule has 0 N–H and O–H groups in total. The summed E-state index contributed by atoms with van der Waals surface area (Å²) >= 11 is 1.80. The number of rotatable bonds is 1. The van der Waals surface area contributed by atoms with E-state index in [4.69, 9.17) is 0 Å². The molecular weight excluding hydrogens is 204 g/mol. The van der Waals surface area contributed by atoms with Crippen molar-refractivity contribution in [1.82, 2.24) is 9.88 Å². The Labute approximate surface area is 96.3 Å². The van der Waals surface area contributed by atoms with Gasteiger partial charge in [-0.25, -0.2) is 4.98 Å². The highest BCUT2D eigenvalue weighted by atomic mass is 32.1. The first-order chi connectivity index (χ1) is 7.07. The fourth-order valence-corrected chi connectivity index (χ4v) is 2.99. The summed E-state index contributed by atoms with van der Waals surface area (Å²) in [6, 6.07) is 0. The molecule has 2 heterocycles. The molecule has 3 heteroatoms. The lowest BCUT2D eigenvalue weighted by Gasteiger charge is -2.41. The molecule has 1 aromatic heterocycles. The third-order valence-electron chi connectivity index (χ3n) is 3.17. The van der Waals surface area contributed by atoms with Crippen LogP contribution in [0.15, 0.2) is 11.6 Å². The molecular formula is C12H20N2S. The Kier molecular flexibility index (Phi) is 3.12. The number of piperidine rings is 1. The molecule has 1 aliphatic rings. The minimum absolute atomic E-state index is 0.302. The number of hydrogen-bond acceptors (Lipinski definition) is 3. The van der Waals surface area contributed by atoms with Crippen molar-refractivity contribution in [3.63, 3.8) is 0 Å². The van der Waals surface area contributed by atoms with Crippen LogP contribution in [-0.2, 0) is 0 Å². The van der Waals surface area contributed by atoms with E-state index >= 15 is 0 Å². The highest BCUT2D eigenvalue weighted by Gasteiger charge is 2.29. The SMILES string of the molecule is CC(C)(C)N1CCC[C@@H](c2nccs2)C1. The largest absolute Gasteiger partial charge is 0.298 e. The first kappa shape index (κ1) is 11.1. The molecule has 0 spiro atoms. The zero-order valence-electron chi connectivity index (χ0n) is 9.86. The van der Waals surface area contributed by atoms with Gasteiger partial charge in [0.1, 0.15) is 0 Å². The summed E-state index contributed by atoms with van der Waals surface area (Å²) in [5.74, 6) is 0.665. The summed E-state index contributed by atoms with van der Waals surface area (Å²) in [4.78, 5) is 7.03. The van der Waals surface area contributed by atoms with Gasteiger partial charge in [0.15, 0.2) is 0 Å². The van der Waals surface area contributed by atoms with Gasteiger partial charge in [-0.05, 0) is 40.2 Å². The van der Waals surface area contributed by atoms with E-state index in [-0.39, 0.29) is 0 Å². The fourth-order valence-electron chi connectivity index (χ4n) is 2.22. The smallest absolute Gasteiger partial charge is 0.0968 e. The van der Waals surface area contributed by atoms with Crippen molar-refractivity contribution >= 4 is 11.3 Å². The van der Waals surface area contributed by atoms with Crippen molar-refractivity contribution in [2.75, 3.05) is 13.1 Å². The monoisotopic (exact) mass is 224 g/mol. The van der Waals surface area contributed by atoms with Crippen molar-refractivity contribution in [3.8, 4) is 0 Å². The van der Waals surface area contributed by atoms with Gasteiger partial charge in [-0.15, -0.1) is 11.3 Å². The van der Waals surface area contributed by atoms with Crippen LogP contribution in [-0.4, -0.2) is 28.5 Å². The van der Waals surface area contributed by atoms with Crippen LogP contribution in [0.3, 0.4) is 0 Å². The molecule has 1 fully saturated rings. The van der Waals surface area contributed by atoms with Gasteiger partial charge in [-0.2, -0.15) is 0 Å². The molecule has 1 aromatic rings. The molecule has 0 aromatic carbocycles. The van der Waals surface area contributed by atoms with E-state index < -0.39 is 0 Å². The van der Waals surface area contributed by atoms with Gasteiger partial charge in [-0.1, -0.05) is 0 Å². The second-order valence-electron chi connectivity index (χ2n) is 5.33. The number of aromatic nitrogens is 1. The summed E-state index contributed by atoms with van der Waals surface area (Å²) in [6.07, 6.45) is 4.54. The van der Waals surface area contributed by atoms with Crippen LogP contribution in [0.1, 0.15) is 44.5 Å². The van der Waals surface area contributed by atoms with Crippen LogP contribution in [0, 0.1) is 0 Å². The summed E-state index contributed by atoms with van der Waals surface area (Å²) in [5.41, 5.74) is 0.302. The normalized spacial score (nSPS) is 24.3. The fraction of sp³-hybridized carbons (Fsp3) is 0.750. The van der Waals surface area contributed by atoms with Gasteiger partial charge >= 0.3 is 0 Å². The zero-order valence-corrected chi connectivity index (χ0v) is 10.7. The number of thiazole rings is 1. The molecule has 1 aliphatic heterocycles. The maximum atomic E-state index is 4.45. The molecule has 0 bridgehead atoms. The predicted octanol–water partition coefficient (Wildman–Crippen LogP) is 3.12. The summed E-state index contributed by atoms with van der Waals surface area (Å²) < 4.78 is 0. The maximum absolute atomic E-state index is 4.45.